The van der Waals surface area contributed by atoms with Crippen molar-refractivity contribution in [2.24, 2.45) is 0 Å². The van der Waals surface area contributed by atoms with Crippen LogP contribution < -0.4 is 0 Å². The average Bonchev–Trinajstić information content (AvgIpc) is 2.57. The van der Waals surface area contributed by atoms with E-state index in [-0.39, 0.29) is 5.97 Å². The van der Waals surface area contributed by atoms with Crippen molar-refractivity contribution in [2.45, 2.75) is 124 Å². The monoisotopic (exact) mass is 367 g/mol. The van der Waals surface area contributed by atoms with Crippen molar-refractivity contribution in [3.8, 4) is 0 Å². The Bertz CT molecular complexity index is 348. The number of carbonyl (C=O) groups excluding carboxylic acids is 1. The molecule has 0 aromatic heterocycles. The predicted molar refractivity (Wildman–Crippen MR) is 113 cm³/mol. The van der Waals surface area contributed by atoms with Gasteiger partial charge in [-0.3, -0.25) is 0 Å². The largest absolute Gasteiger partial charge is 0.342 e. The van der Waals surface area contributed by atoms with Crippen LogP contribution in [0.3, 0.4) is 0 Å². The van der Waals surface area contributed by atoms with Crippen LogP contribution in [0, 0.1) is 0 Å². The lowest BCUT2D eigenvalue weighted by atomic mass is 10.0. The molecule has 0 aromatic rings. The standard InChI is InChI=1S/C23H45NO2/c1-5-6-7-8-9-10-11-12-13-14-15-16-17-18-19-20-23(25)26-24(4)21-22(2)3/h21H,5-20H2,1-4H3. The number of allylic oxidation sites excluding steroid dienone is 1. The molecule has 154 valence electrons. The summed E-state index contributed by atoms with van der Waals surface area (Å²) >= 11 is 0. The normalized spacial score (nSPS) is 10.6. The van der Waals surface area contributed by atoms with Crippen LogP contribution in [0.5, 0.6) is 0 Å². The summed E-state index contributed by atoms with van der Waals surface area (Å²) < 4.78 is 0. The van der Waals surface area contributed by atoms with Gasteiger partial charge >= 0.3 is 5.97 Å². The first-order valence-electron chi connectivity index (χ1n) is 11.1. The van der Waals surface area contributed by atoms with E-state index in [1.807, 2.05) is 20.0 Å². The first kappa shape index (κ1) is 25.0. The molecule has 0 aliphatic carbocycles. The van der Waals surface area contributed by atoms with Crippen LogP contribution in [0.4, 0.5) is 0 Å². The molecule has 3 nitrogen and oxygen atoms in total. The fourth-order valence-corrected chi connectivity index (χ4v) is 3.24. The van der Waals surface area contributed by atoms with E-state index in [9.17, 15) is 4.79 Å². The van der Waals surface area contributed by atoms with E-state index in [4.69, 9.17) is 4.84 Å². The summed E-state index contributed by atoms with van der Waals surface area (Å²) in [7, 11) is 1.76. The Balaban J connectivity index is 3.24. The zero-order valence-corrected chi connectivity index (χ0v) is 18.2. The Kier molecular flexibility index (Phi) is 18.1. The highest BCUT2D eigenvalue weighted by Crippen LogP contribution is 2.13. The molecule has 0 N–H and O–H groups in total. The first-order valence-corrected chi connectivity index (χ1v) is 11.1. The molecular weight excluding hydrogens is 322 g/mol. The minimum atomic E-state index is -0.125. The molecule has 0 atom stereocenters. The lowest BCUT2D eigenvalue weighted by Gasteiger charge is -2.14. The third-order valence-electron chi connectivity index (χ3n) is 4.67. The van der Waals surface area contributed by atoms with Gasteiger partial charge < -0.3 is 4.84 Å². The van der Waals surface area contributed by atoms with E-state index in [0.717, 1.165) is 18.4 Å². The van der Waals surface area contributed by atoms with E-state index < -0.39 is 0 Å². The number of hydrogen-bond donors (Lipinski definition) is 0. The van der Waals surface area contributed by atoms with Crippen molar-refractivity contribution in [2.75, 3.05) is 7.05 Å². The average molecular weight is 368 g/mol. The minimum Gasteiger partial charge on any atom is -0.342 e. The summed E-state index contributed by atoms with van der Waals surface area (Å²) in [4.78, 5) is 16.9. The van der Waals surface area contributed by atoms with Crippen molar-refractivity contribution >= 4 is 5.97 Å². The SMILES string of the molecule is CCCCCCCCCCCCCCCCCC(=O)ON(C)C=C(C)C. The topological polar surface area (TPSA) is 29.5 Å². The van der Waals surface area contributed by atoms with E-state index in [0.29, 0.717) is 6.42 Å². The summed E-state index contributed by atoms with van der Waals surface area (Å²) in [5.41, 5.74) is 1.12. The summed E-state index contributed by atoms with van der Waals surface area (Å²) in [6, 6.07) is 0. The number of rotatable bonds is 18. The number of hydroxylamine groups is 2. The maximum absolute atomic E-state index is 11.7. The number of carbonyl (C=O) groups is 1. The molecule has 0 unspecified atom stereocenters. The van der Waals surface area contributed by atoms with Gasteiger partial charge in [0, 0.05) is 19.7 Å². The Morgan fingerprint density at radius 3 is 1.50 bits per heavy atom. The quantitative estimate of drug-likeness (QED) is 0.185. The maximum atomic E-state index is 11.7. The molecule has 0 bridgehead atoms. The Morgan fingerprint density at radius 1 is 0.731 bits per heavy atom. The van der Waals surface area contributed by atoms with Gasteiger partial charge in [0.15, 0.2) is 0 Å². The molecule has 0 rings (SSSR count). The van der Waals surface area contributed by atoms with Gasteiger partial charge in [-0.15, -0.1) is 0 Å². The molecule has 0 amide bonds. The van der Waals surface area contributed by atoms with Crippen molar-refractivity contribution in [1.82, 2.24) is 5.06 Å². The highest BCUT2D eigenvalue weighted by molar-refractivity contribution is 5.68. The first-order chi connectivity index (χ1) is 12.6. The van der Waals surface area contributed by atoms with Gasteiger partial charge in [-0.1, -0.05) is 102 Å². The van der Waals surface area contributed by atoms with Crippen LogP contribution in [0.15, 0.2) is 11.8 Å². The summed E-state index contributed by atoms with van der Waals surface area (Å²) in [6.07, 6.45) is 22.5. The zero-order chi connectivity index (χ0) is 19.5. The number of unbranched alkanes of at least 4 members (excludes halogenated alkanes) is 14. The molecule has 0 heterocycles. The van der Waals surface area contributed by atoms with Gasteiger partial charge in [0.1, 0.15) is 0 Å². The van der Waals surface area contributed by atoms with Crippen LogP contribution in [-0.4, -0.2) is 18.1 Å². The van der Waals surface area contributed by atoms with Crippen LogP contribution in [0.25, 0.3) is 0 Å². The third-order valence-corrected chi connectivity index (χ3v) is 4.67. The molecule has 0 fully saturated rings. The highest BCUT2D eigenvalue weighted by Gasteiger charge is 2.05. The Hall–Kier alpha value is -0.990. The van der Waals surface area contributed by atoms with E-state index in [1.165, 1.54) is 88.5 Å². The Morgan fingerprint density at radius 2 is 1.12 bits per heavy atom. The van der Waals surface area contributed by atoms with Gasteiger partial charge in [-0.2, -0.15) is 0 Å². The van der Waals surface area contributed by atoms with Crippen LogP contribution in [0.2, 0.25) is 0 Å². The van der Waals surface area contributed by atoms with E-state index >= 15 is 0 Å². The number of nitrogens with zero attached hydrogens (tertiary/aromatic N) is 1. The van der Waals surface area contributed by atoms with Crippen LogP contribution in [0.1, 0.15) is 124 Å². The zero-order valence-electron chi connectivity index (χ0n) is 18.2. The molecule has 0 aliphatic rings. The van der Waals surface area contributed by atoms with Crippen LogP contribution in [-0.2, 0) is 9.63 Å². The van der Waals surface area contributed by atoms with Crippen LogP contribution >= 0.6 is 0 Å². The molecule has 3 heteroatoms. The minimum absolute atomic E-state index is 0.125. The van der Waals surface area contributed by atoms with Gasteiger partial charge in [-0.25, -0.2) is 9.86 Å². The second kappa shape index (κ2) is 18.8. The van der Waals surface area contributed by atoms with Crippen molar-refractivity contribution in [3.05, 3.63) is 11.8 Å². The van der Waals surface area contributed by atoms with Gasteiger partial charge in [-0.05, 0) is 20.3 Å². The fraction of sp³-hybridized carbons (Fsp3) is 0.870. The smallest absolute Gasteiger partial charge is 0.332 e. The highest BCUT2D eigenvalue weighted by atomic mass is 16.7. The molecule has 0 saturated heterocycles. The fourth-order valence-electron chi connectivity index (χ4n) is 3.24. The van der Waals surface area contributed by atoms with Crippen molar-refractivity contribution < 1.29 is 9.63 Å². The lowest BCUT2D eigenvalue weighted by Crippen LogP contribution is -2.17. The molecular formula is C23H45NO2. The molecule has 0 saturated carbocycles. The molecule has 0 aromatic carbocycles. The van der Waals surface area contributed by atoms with Gasteiger partial charge in [0.25, 0.3) is 0 Å². The third kappa shape index (κ3) is 19.3. The summed E-state index contributed by atoms with van der Waals surface area (Å²) in [5.74, 6) is -0.125. The molecule has 0 spiro atoms. The second-order valence-corrected chi connectivity index (χ2v) is 7.92. The van der Waals surface area contributed by atoms with Crippen molar-refractivity contribution in [3.63, 3.8) is 0 Å². The predicted octanol–water partition coefficient (Wildman–Crippen LogP) is 7.56. The number of hydrogen-bond acceptors (Lipinski definition) is 3. The van der Waals surface area contributed by atoms with Crippen molar-refractivity contribution in [1.29, 1.82) is 0 Å². The van der Waals surface area contributed by atoms with E-state index in [2.05, 4.69) is 6.92 Å². The Labute approximate surface area is 163 Å². The summed E-state index contributed by atoms with van der Waals surface area (Å²) in [5, 5.41) is 1.50. The summed E-state index contributed by atoms with van der Waals surface area (Å²) in [6.45, 7) is 6.25. The second-order valence-electron chi connectivity index (χ2n) is 7.92. The maximum Gasteiger partial charge on any atom is 0.332 e. The molecule has 0 aliphatic heterocycles. The lowest BCUT2D eigenvalue weighted by molar-refractivity contribution is -0.173. The molecule has 26 heavy (non-hydrogen) atoms. The van der Waals surface area contributed by atoms with E-state index in [1.54, 1.807) is 7.05 Å². The molecule has 0 radical (unpaired) electrons. The van der Waals surface area contributed by atoms with Gasteiger partial charge in [0.05, 0.1) is 0 Å². The van der Waals surface area contributed by atoms with Gasteiger partial charge in [0.2, 0.25) is 0 Å².